The van der Waals surface area contributed by atoms with Crippen LogP contribution in [0.4, 0.5) is 13.2 Å². The molecule has 1 amide bonds. The summed E-state index contributed by atoms with van der Waals surface area (Å²) in [5.74, 6) is -3.14. The number of aryl methyl sites for hydroxylation is 1. The average Bonchev–Trinajstić information content (AvgIpc) is 2.44. The van der Waals surface area contributed by atoms with Crippen LogP contribution in [0, 0.1) is 24.4 Å². The lowest BCUT2D eigenvalue weighted by atomic mass is 10.1. The molecule has 5 heteroatoms. The molecule has 0 heterocycles. The molecular formula is C16H14F3NO. The van der Waals surface area contributed by atoms with Crippen LogP contribution in [0.15, 0.2) is 36.4 Å². The lowest BCUT2D eigenvalue weighted by Crippen LogP contribution is -2.27. The van der Waals surface area contributed by atoms with Crippen LogP contribution in [0.1, 0.15) is 34.5 Å². The van der Waals surface area contributed by atoms with Crippen LogP contribution < -0.4 is 5.32 Å². The highest BCUT2D eigenvalue weighted by molar-refractivity contribution is 5.94. The Morgan fingerprint density at radius 3 is 2.48 bits per heavy atom. The van der Waals surface area contributed by atoms with Crippen LogP contribution >= 0.6 is 0 Å². The van der Waals surface area contributed by atoms with Crippen molar-refractivity contribution in [3.05, 3.63) is 70.5 Å². The van der Waals surface area contributed by atoms with Gasteiger partial charge in [-0.1, -0.05) is 18.2 Å². The molecule has 1 unspecified atom stereocenters. The predicted molar refractivity (Wildman–Crippen MR) is 73.4 cm³/mol. The van der Waals surface area contributed by atoms with E-state index in [4.69, 9.17) is 0 Å². The van der Waals surface area contributed by atoms with Crippen LogP contribution in [0.3, 0.4) is 0 Å². The average molecular weight is 293 g/mol. The molecule has 0 saturated carbocycles. The first-order valence-corrected chi connectivity index (χ1v) is 6.41. The molecule has 2 nitrogen and oxygen atoms in total. The molecule has 2 aromatic carbocycles. The third kappa shape index (κ3) is 3.24. The second-order valence-corrected chi connectivity index (χ2v) is 4.81. The molecule has 2 rings (SSSR count). The number of carbonyl (C=O) groups excluding carboxylic acids is 1. The molecule has 0 aliphatic heterocycles. The fraction of sp³-hybridized carbons (Fsp3) is 0.188. The van der Waals surface area contributed by atoms with Gasteiger partial charge in [0.25, 0.3) is 5.91 Å². The summed E-state index contributed by atoms with van der Waals surface area (Å²) in [7, 11) is 0. The van der Waals surface area contributed by atoms with Crippen molar-refractivity contribution in [2.75, 3.05) is 0 Å². The molecule has 0 aromatic heterocycles. The molecule has 0 radical (unpaired) electrons. The van der Waals surface area contributed by atoms with E-state index in [0.717, 1.165) is 12.1 Å². The summed E-state index contributed by atoms with van der Waals surface area (Å²) in [6.45, 7) is 3.17. The predicted octanol–water partition coefficient (Wildman–Crippen LogP) is 3.90. The Balaban J connectivity index is 2.18. The Morgan fingerprint density at radius 2 is 1.81 bits per heavy atom. The second kappa shape index (κ2) is 5.99. The lowest BCUT2D eigenvalue weighted by molar-refractivity contribution is 0.0935. The number of hydrogen-bond donors (Lipinski definition) is 1. The minimum Gasteiger partial charge on any atom is -0.345 e. The van der Waals surface area contributed by atoms with Crippen LogP contribution in [0.5, 0.6) is 0 Å². The van der Waals surface area contributed by atoms with Gasteiger partial charge in [0.05, 0.1) is 11.6 Å². The number of rotatable bonds is 3. The molecule has 0 fully saturated rings. The maximum atomic E-state index is 13.9. The summed E-state index contributed by atoms with van der Waals surface area (Å²) in [5, 5.41) is 2.56. The number of benzene rings is 2. The maximum absolute atomic E-state index is 13.9. The zero-order valence-electron chi connectivity index (χ0n) is 11.6. The molecule has 0 aliphatic rings. The fourth-order valence-corrected chi connectivity index (χ4v) is 1.96. The van der Waals surface area contributed by atoms with Crippen LogP contribution in [-0.4, -0.2) is 5.91 Å². The third-order valence-corrected chi connectivity index (χ3v) is 3.23. The molecule has 0 spiro atoms. The van der Waals surface area contributed by atoms with Gasteiger partial charge in [0.15, 0.2) is 11.6 Å². The van der Waals surface area contributed by atoms with Gasteiger partial charge in [-0.05, 0) is 43.2 Å². The monoisotopic (exact) mass is 293 g/mol. The smallest absolute Gasteiger partial charge is 0.254 e. The van der Waals surface area contributed by atoms with Crippen molar-refractivity contribution in [1.82, 2.24) is 5.32 Å². The number of halogens is 3. The fourth-order valence-electron chi connectivity index (χ4n) is 1.96. The van der Waals surface area contributed by atoms with E-state index in [1.807, 2.05) is 0 Å². The van der Waals surface area contributed by atoms with Crippen molar-refractivity contribution < 1.29 is 18.0 Å². The minimum absolute atomic E-state index is 0.0792. The lowest BCUT2D eigenvalue weighted by Gasteiger charge is -2.15. The van der Waals surface area contributed by atoms with Gasteiger partial charge in [-0.15, -0.1) is 0 Å². The first kappa shape index (κ1) is 15.1. The molecule has 0 aliphatic carbocycles. The van der Waals surface area contributed by atoms with Gasteiger partial charge < -0.3 is 5.32 Å². The Bertz CT molecular complexity index is 685. The Morgan fingerprint density at radius 1 is 1.10 bits per heavy atom. The Hall–Kier alpha value is -2.30. The number of nitrogens with one attached hydrogen (secondary N) is 1. The summed E-state index contributed by atoms with van der Waals surface area (Å²) in [4.78, 5) is 12.0. The molecule has 1 atom stereocenters. The number of amides is 1. The van der Waals surface area contributed by atoms with Gasteiger partial charge in [0.1, 0.15) is 5.82 Å². The van der Waals surface area contributed by atoms with Gasteiger partial charge >= 0.3 is 0 Å². The standard InChI is InChI=1S/C16H14F3NO/c1-9-4-3-5-12(15(9)19)16(21)20-10(2)11-6-7-13(17)14(18)8-11/h3-8,10H,1-2H3,(H,20,21). The molecule has 0 saturated heterocycles. The summed E-state index contributed by atoms with van der Waals surface area (Å²) < 4.78 is 39.9. The zero-order valence-corrected chi connectivity index (χ0v) is 11.6. The third-order valence-electron chi connectivity index (χ3n) is 3.23. The Labute approximate surface area is 120 Å². The van der Waals surface area contributed by atoms with Crippen LogP contribution in [0.2, 0.25) is 0 Å². The summed E-state index contributed by atoms with van der Waals surface area (Å²) in [5.41, 5.74) is 0.683. The van der Waals surface area contributed by atoms with Crippen molar-refractivity contribution in [1.29, 1.82) is 0 Å². The maximum Gasteiger partial charge on any atom is 0.254 e. The van der Waals surface area contributed by atoms with Crippen molar-refractivity contribution in [3.8, 4) is 0 Å². The van der Waals surface area contributed by atoms with Crippen molar-refractivity contribution in [2.45, 2.75) is 19.9 Å². The highest BCUT2D eigenvalue weighted by Gasteiger charge is 2.17. The SMILES string of the molecule is Cc1cccc(C(=O)NC(C)c2ccc(F)c(F)c2)c1F. The highest BCUT2D eigenvalue weighted by atomic mass is 19.2. The van der Waals surface area contributed by atoms with E-state index in [9.17, 15) is 18.0 Å². The Kier molecular flexibility index (Phi) is 4.31. The normalized spacial score (nSPS) is 12.0. The molecular weight excluding hydrogens is 279 g/mol. The molecule has 2 aromatic rings. The molecule has 21 heavy (non-hydrogen) atoms. The van der Waals surface area contributed by atoms with E-state index < -0.39 is 29.4 Å². The summed E-state index contributed by atoms with van der Waals surface area (Å²) in [6, 6.07) is 7.30. The van der Waals surface area contributed by atoms with Gasteiger partial charge in [0.2, 0.25) is 0 Å². The van der Waals surface area contributed by atoms with E-state index in [1.165, 1.54) is 12.1 Å². The van der Waals surface area contributed by atoms with E-state index in [1.54, 1.807) is 26.0 Å². The highest BCUT2D eigenvalue weighted by Crippen LogP contribution is 2.18. The summed E-state index contributed by atoms with van der Waals surface area (Å²) in [6.07, 6.45) is 0. The minimum atomic E-state index is -0.990. The van der Waals surface area contributed by atoms with E-state index in [2.05, 4.69) is 5.32 Å². The van der Waals surface area contributed by atoms with E-state index in [-0.39, 0.29) is 5.56 Å². The quantitative estimate of drug-likeness (QED) is 0.913. The first-order valence-electron chi connectivity index (χ1n) is 6.41. The number of hydrogen-bond acceptors (Lipinski definition) is 1. The largest absolute Gasteiger partial charge is 0.345 e. The van der Waals surface area contributed by atoms with Gasteiger partial charge in [0, 0.05) is 0 Å². The second-order valence-electron chi connectivity index (χ2n) is 4.81. The van der Waals surface area contributed by atoms with Gasteiger partial charge in [-0.3, -0.25) is 4.79 Å². The van der Waals surface area contributed by atoms with Crippen molar-refractivity contribution in [3.63, 3.8) is 0 Å². The van der Waals surface area contributed by atoms with Gasteiger partial charge in [-0.25, -0.2) is 13.2 Å². The molecule has 1 N–H and O–H groups in total. The molecule has 0 bridgehead atoms. The van der Waals surface area contributed by atoms with Crippen molar-refractivity contribution in [2.24, 2.45) is 0 Å². The van der Waals surface area contributed by atoms with Crippen molar-refractivity contribution >= 4 is 5.91 Å². The van der Waals surface area contributed by atoms with Crippen LogP contribution in [-0.2, 0) is 0 Å². The van der Waals surface area contributed by atoms with Crippen LogP contribution in [0.25, 0.3) is 0 Å². The summed E-state index contributed by atoms with van der Waals surface area (Å²) >= 11 is 0. The van der Waals surface area contributed by atoms with E-state index >= 15 is 0 Å². The molecule has 110 valence electrons. The van der Waals surface area contributed by atoms with Gasteiger partial charge in [-0.2, -0.15) is 0 Å². The number of carbonyl (C=O) groups is 1. The zero-order chi connectivity index (χ0) is 15.6. The van der Waals surface area contributed by atoms with E-state index in [0.29, 0.717) is 11.1 Å². The topological polar surface area (TPSA) is 29.1 Å². The first-order chi connectivity index (χ1) is 9.90.